The molecule has 0 aliphatic carbocycles. The van der Waals surface area contributed by atoms with Crippen LogP contribution in [0.25, 0.3) is 0 Å². The average molecular weight is 328 g/mol. The third-order valence-electron chi connectivity index (χ3n) is 2.70. The Morgan fingerprint density at radius 1 is 1.36 bits per heavy atom. The van der Waals surface area contributed by atoms with Gasteiger partial charge in [-0.3, -0.25) is 4.79 Å². The average Bonchev–Trinajstić information content (AvgIpc) is 2.77. The first kappa shape index (κ1) is 16.3. The lowest BCUT2D eigenvalue weighted by Gasteiger charge is -2.07. The zero-order chi connectivity index (χ0) is 16.1. The second-order valence-electron chi connectivity index (χ2n) is 4.36. The van der Waals surface area contributed by atoms with Crippen LogP contribution in [0.4, 0.5) is 14.5 Å². The number of ether oxygens (including phenoxy) is 1. The van der Waals surface area contributed by atoms with Gasteiger partial charge in [-0.05, 0) is 38.1 Å². The minimum absolute atomic E-state index is 0.0353. The highest BCUT2D eigenvalue weighted by Gasteiger charge is 2.10. The van der Waals surface area contributed by atoms with E-state index in [0.717, 1.165) is 11.5 Å². The van der Waals surface area contributed by atoms with Gasteiger partial charge in [-0.15, -0.1) is 0 Å². The van der Waals surface area contributed by atoms with Crippen molar-refractivity contribution in [2.24, 2.45) is 0 Å². The van der Waals surface area contributed by atoms with Crippen LogP contribution in [0.3, 0.4) is 0 Å². The van der Waals surface area contributed by atoms with Crippen LogP contribution in [0.2, 0.25) is 0 Å². The van der Waals surface area contributed by atoms with Gasteiger partial charge in [0.25, 0.3) is 5.22 Å². The first-order valence-corrected chi connectivity index (χ1v) is 7.34. The normalized spacial score (nSPS) is 10.8. The minimum atomic E-state index is -2.87. The minimum Gasteiger partial charge on any atom is -0.437 e. The molecule has 1 N–H and O–H groups in total. The number of hydrogen-bond donors (Lipinski definition) is 1. The molecule has 22 heavy (non-hydrogen) atoms. The molecule has 5 nitrogen and oxygen atoms in total. The Labute approximate surface area is 130 Å². The van der Waals surface area contributed by atoms with Gasteiger partial charge >= 0.3 is 6.61 Å². The summed E-state index contributed by atoms with van der Waals surface area (Å²) in [7, 11) is 0. The molecule has 0 saturated heterocycles. The maximum Gasteiger partial charge on any atom is 0.387 e. The van der Waals surface area contributed by atoms with E-state index in [0.29, 0.717) is 10.9 Å². The summed E-state index contributed by atoms with van der Waals surface area (Å²) in [5.41, 5.74) is 1.28. The van der Waals surface area contributed by atoms with Crippen LogP contribution in [0, 0.1) is 13.8 Å². The van der Waals surface area contributed by atoms with Crippen LogP contribution in [-0.2, 0) is 4.79 Å². The van der Waals surface area contributed by atoms with Gasteiger partial charge in [-0.1, -0.05) is 11.8 Å². The summed E-state index contributed by atoms with van der Waals surface area (Å²) in [5, 5.41) is 3.08. The van der Waals surface area contributed by atoms with Crippen molar-refractivity contribution >= 4 is 23.4 Å². The third kappa shape index (κ3) is 4.73. The standard InChI is InChI=1S/C14H14F2N2O3S/c1-8-9(2)20-14(17-8)22-7-12(19)18-10-3-5-11(6-4-10)21-13(15)16/h3-6,13H,7H2,1-2H3,(H,18,19). The maximum atomic E-state index is 12.0. The van der Waals surface area contributed by atoms with E-state index >= 15 is 0 Å². The number of carbonyl (C=O) groups excluding carboxylic acids is 1. The second kappa shape index (κ2) is 7.26. The van der Waals surface area contributed by atoms with E-state index in [4.69, 9.17) is 4.42 Å². The SMILES string of the molecule is Cc1nc(SCC(=O)Nc2ccc(OC(F)F)cc2)oc1C. The molecule has 0 aliphatic heterocycles. The Hall–Kier alpha value is -2.09. The van der Waals surface area contributed by atoms with Crippen molar-refractivity contribution in [2.75, 3.05) is 11.1 Å². The lowest BCUT2D eigenvalue weighted by molar-refractivity contribution is -0.113. The number of rotatable bonds is 6. The summed E-state index contributed by atoms with van der Waals surface area (Å²) < 4.78 is 33.6. The Morgan fingerprint density at radius 2 is 2.05 bits per heavy atom. The van der Waals surface area contributed by atoms with Crippen molar-refractivity contribution in [2.45, 2.75) is 25.7 Å². The number of carbonyl (C=O) groups is 1. The summed E-state index contributed by atoms with van der Waals surface area (Å²) in [6, 6.07) is 5.69. The fourth-order valence-electron chi connectivity index (χ4n) is 1.55. The van der Waals surface area contributed by atoms with E-state index in [2.05, 4.69) is 15.0 Å². The van der Waals surface area contributed by atoms with E-state index in [1.165, 1.54) is 36.0 Å². The molecule has 1 amide bonds. The molecule has 118 valence electrons. The van der Waals surface area contributed by atoms with Crippen LogP contribution >= 0.6 is 11.8 Å². The van der Waals surface area contributed by atoms with Crippen molar-refractivity contribution in [3.8, 4) is 5.75 Å². The molecule has 0 unspecified atom stereocenters. The number of nitrogens with zero attached hydrogens (tertiary/aromatic N) is 1. The molecule has 2 aromatic rings. The van der Waals surface area contributed by atoms with Crippen molar-refractivity contribution in [1.82, 2.24) is 4.98 Å². The summed E-state index contributed by atoms with van der Waals surface area (Å²) in [6.07, 6.45) is 0. The van der Waals surface area contributed by atoms with Gasteiger partial charge in [-0.2, -0.15) is 8.78 Å². The van der Waals surface area contributed by atoms with Crippen molar-refractivity contribution < 1.29 is 22.7 Å². The molecule has 1 aromatic heterocycles. The van der Waals surface area contributed by atoms with E-state index in [-0.39, 0.29) is 17.4 Å². The number of hydrogen-bond acceptors (Lipinski definition) is 5. The predicted octanol–water partition coefficient (Wildman–Crippen LogP) is 3.62. The molecule has 2 rings (SSSR count). The highest BCUT2D eigenvalue weighted by atomic mass is 32.2. The van der Waals surface area contributed by atoms with Gasteiger partial charge in [-0.25, -0.2) is 4.98 Å². The van der Waals surface area contributed by atoms with Gasteiger partial charge in [0.15, 0.2) is 0 Å². The molecule has 1 aromatic carbocycles. The molecule has 0 aliphatic rings. The molecular weight excluding hydrogens is 314 g/mol. The number of aromatic nitrogens is 1. The van der Waals surface area contributed by atoms with E-state index < -0.39 is 6.61 Å². The van der Waals surface area contributed by atoms with Crippen LogP contribution in [0.1, 0.15) is 11.5 Å². The van der Waals surface area contributed by atoms with Crippen LogP contribution in [0.5, 0.6) is 5.75 Å². The fourth-order valence-corrected chi connectivity index (χ4v) is 2.26. The molecular formula is C14H14F2N2O3S. The topological polar surface area (TPSA) is 64.4 Å². The van der Waals surface area contributed by atoms with Crippen molar-refractivity contribution in [3.05, 3.63) is 35.7 Å². The number of amides is 1. The third-order valence-corrected chi connectivity index (χ3v) is 3.53. The molecule has 0 radical (unpaired) electrons. The van der Waals surface area contributed by atoms with Gasteiger partial charge in [0.2, 0.25) is 5.91 Å². The summed E-state index contributed by atoms with van der Waals surface area (Å²) in [6.45, 7) is 0.756. The van der Waals surface area contributed by atoms with Crippen molar-refractivity contribution in [3.63, 3.8) is 0 Å². The molecule has 8 heteroatoms. The molecule has 0 fully saturated rings. The maximum absolute atomic E-state index is 12.0. The monoisotopic (exact) mass is 328 g/mol. The molecule has 0 atom stereocenters. The number of halogens is 2. The fraction of sp³-hybridized carbons (Fsp3) is 0.286. The van der Waals surface area contributed by atoms with E-state index in [1.54, 1.807) is 6.92 Å². The first-order valence-electron chi connectivity index (χ1n) is 6.35. The Kier molecular flexibility index (Phi) is 5.37. The largest absolute Gasteiger partial charge is 0.437 e. The number of thioether (sulfide) groups is 1. The zero-order valence-corrected chi connectivity index (χ0v) is 12.7. The molecule has 0 bridgehead atoms. The Balaban J connectivity index is 1.83. The molecule has 1 heterocycles. The van der Waals surface area contributed by atoms with E-state index in [1.807, 2.05) is 6.92 Å². The van der Waals surface area contributed by atoms with Gasteiger partial charge in [0, 0.05) is 5.69 Å². The number of alkyl halides is 2. The highest BCUT2D eigenvalue weighted by molar-refractivity contribution is 7.99. The molecule has 0 spiro atoms. The second-order valence-corrected chi connectivity index (χ2v) is 5.29. The number of nitrogens with one attached hydrogen (secondary N) is 1. The molecule has 0 saturated carbocycles. The lowest BCUT2D eigenvalue weighted by Crippen LogP contribution is -2.14. The lowest BCUT2D eigenvalue weighted by atomic mass is 10.3. The van der Waals surface area contributed by atoms with Gasteiger partial charge < -0.3 is 14.5 Å². The number of oxazole rings is 1. The predicted molar refractivity (Wildman–Crippen MR) is 78.4 cm³/mol. The zero-order valence-electron chi connectivity index (χ0n) is 11.9. The van der Waals surface area contributed by atoms with Crippen molar-refractivity contribution in [1.29, 1.82) is 0 Å². The number of anilines is 1. The summed E-state index contributed by atoms with van der Waals surface area (Å²) in [5.74, 6) is 0.640. The number of aryl methyl sites for hydroxylation is 2. The van der Waals surface area contributed by atoms with Crippen LogP contribution < -0.4 is 10.1 Å². The van der Waals surface area contributed by atoms with Gasteiger partial charge in [0.05, 0.1) is 11.4 Å². The smallest absolute Gasteiger partial charge is 0.387 e. The Morgan fingerprint density at radius 3 is 2.59 bits per heavy atom. The first-order chi connectivity index (χ1) is 10.4. The van der Waals surface area contributed by atoms with Crippen LogP contribution in [0.15, 0.2) is 33.9 Å². The quantitative estimate of drug-likeness (QED) is 0.821. The number of benzene rings is 1. The summed E-state index contributed by atoms with van der Waals surface area (Å²) >= 11 is 1.18. The summed E-state index contributed by atoms with van der Waals surface area (Å²) in [4.78, 5) is 15.9. The Bertz CT molecular complexity index is 625. The van der Waals surface area contributed by atoms with Gasteiger partial charge in [0.1, 0.15) is 11.5 Å². The van der Waals surface area contributed by atoms with Crippen LogP contribution in [-0.4, -0.2) is 23.3 Å². The highest BCUT2D eigenvalue weighted by Crippen LogP contribution is 2.21. The van der Waals surface area contributed by atoms with E-state index in [9.17, 15) is 13.6 Å².